The number of ether oxygens (including phenoxy) is 1. The Bertz CT molecular complexity index is 510. The summed E-state index contributed by atoms with van der Waals surface area (Å²) in [6.07, 6.45) is -0.967. The minimum Gasteiger partial charge on any atom is -0.428 e. The molecule has 19 heavy (non-hydrogen) atoms. The van der Waals surface area contributed by atoms with Crippen LogP contribution in [0.1, 0.15) is 17.4 Å². The predicted molar refractivity (Wildman–Crippen MR) is 69.1 cm³/mol. The molecule has 2 aromatic carbocycles. The lowest BCUT2D eigenvalue weighted by Crippen LogP contribution is -2.15. The fraction of sp³-hybridized carbons (Fsp3) is 0.133. The number of esters is 1. The Kier molecular flexibility index (Phi) is 4.66. The van der Waals surface area contributed by atoms with Gasteiger partial charge in [-0.05, 0) is 5.56 Å². The van der Waals surface area contributed by atoms with Crippen molar-refractivity contribution in [2.45, 2.75) is 12.7 Å². The smallest absolute Gasteiger partial charge is 0.312 e. The Hall–Kier alpha value is -2.17. The summed E-state index contributed by atoms with van der Waals surface area (Å²) in [5.41, 5.74) is 1.42. The fourth-order valence-electron chi connectivity index (χ4n) is 1.68. The van der Waals surface area contributed by atoms with Crippen LogP contribution < -0.4 is 0 Å². The van der Waals surface area contributed by atoms with E-state index in [4.69, 9.17) is 9.99 Å². The topological polar surface area (TPSA) is 55.8 Å². The van der Waals surface area contributed by atoms with Crippen LogP contribution in [-0.2, 0) is 20.8 Å². The molecule has 1 unspecified atom stereocenters. The monoisotopic (exact) mass is 258 g/mol. The van der Waals surface area contributed by atoms with Crippen molar-refractivity contribution in [1.82, 2.24) is 0 Å². The van der Waals surface area contributed by atoms with E-state index in [0.717, 1.165) is 5.56 Å². The first-order valence-corrected chi connectivity index (χ1v) is 5.88. The van der Waals surface area contributed by atoms with Crippen LogP contribution in [0.3, 0.4) is 0 Å². The molecular weight excluding hydrogens is 244 g/mol. The highest BCUT2D eigenvalue weighted by atomic mass is 17.1. The van der Waals surface area contributed by atoms with E-state index in [-0.39, 0.29) is 6.42 Å². The van der Waals surface area contributed by atoms with Gasteiger partial charge in [0.2, 0.25) is 0 Å². The van der Waals surface area contributed by atoms with Gasteiger partial charge in [0.15, 0.2) is 0 Å². The van der Waals surface area contributed by atoms with Gasteiger partial charge in [0.25, 0.3) is 6.29 Å². The molecule has 0 aliphatic rings. The van der Waals surface area contributed by atoms with E-state index in [1.807, 2.05) is 36.4 Å². The van der Waals surface area contributed by atoms with Gasteiger partial charge in [0.1, 0.15) is 0 Å². The predicted octanol–water partition coefficient (Wildman–Crippen LogP) is 2.96. The van der Waals surface area contributed by atoms with Crippen LogP contribution in [-0.4, -0.2) is 11.2 Å². The zero-order valence-electron chi connectivity index (χ0n) is 10.2. The lowest BCUT2D eigenvalue weighted by atomic mass is 10.1. The molecule has 0 radical (unpaired) electrons. The van der Waals surface area contributed by atoms with Crippen molar-refractivity contribution < 1.29 is 19.7 Å². The molecular formula is C15H14O4. The van der Waals surface area contributed by atoms with Crippen molar-refractivity contribution in [3.63, 3.8) is 0 Å². The van der Waals surface area contributed by atoms with Crippen LogP contribution in [0.15, 0.2) is 60.7 Å². The first-order valence-electron chi connectivity index (χ1n) is 5.88. The van der Waals surface area contributed by atoms with Crippen molar-refractivity contribution in [3.05, 3.63) is 71.8 Å². The molecule has 0 aliphatic carbocycles. The van der Waals surface area contributed by atoms with E-state index >= 15 is 0 Å². The van der Waals surface area contributed by atoms with E-state index in [1.54, 1.807) is 24.3 Å². The second-order valence-corrected chi connectivity index (χ2v) is 4.00. The molecule has 0 spiro atoms. The number of benzene rings is 2. The van der Waals surface area contributed by atoms with Crippen molar-refractivity contribution >= 4 is 5.97 Å². The molecule has 0 heterocycles. The summed E-state index contributed by atoms with van der Waals surface area (Å²) in [7, 11) is 0. The van der Waals surface area contributed by atoms with Gasteiger partial charge in [-0.1, -0.05) is 60.7 Å². The maximum absolute atomic E-state index is 11.7. The third-order valence-electron chi connectivity index (χ3n) is 2.60. The molecule has 0 bridgehead atoms. The lowest BCUT2D eigenvalue weighted by Gasteiger charge is -2.14. The zero-order valence-corrected chi connectivity index (χ0v) is 10.2. The van der Waals surface area contributed by atoms with Gasteiger partial charge < -0.3 is 4.74 Å². The molecule has 2 rings (SSSR count). The van der Waals surface area contributed by atoms with Gasteiger partial charge in [0.05, 0.1) is 6.42 Å². The maximum Gasteiger partial charge on any atom is 0.312 e. The average molecular weight is 258 g/mol. The molecule has 0 saturated carbocycles. The second-order valence-electron chi connectivity index (χ2n) is 4.00. The largest absolute Gasteiger partial charge is 0.428 e. The van der Waals surface area contributed by atoms with Gasteiger partial charge in [0, 0.05) is 5.56 Å². The molecule has 1 N–H and O–H groups in total. The molecule has 0 amide bonds. The Labute approximate surface area is 111 Å². The first-order chi connectivity index (χ1) is 9.29. The molecule has 0 saturated heterocycles. The first kappa shape index (κ1) is 13.3. The standard InChI is InChI=1S/C15H14O4/c16-14(11-12-7-3-1-4-8-12)18-15(19-17)13-9-5-2-6-10-13/h1-10,15,17H,11H2. The van der Waals surface area contributed by atoms with Crippen molar-refractivity contribution in [2.75, 3.05) is 0 Å². The maximum atomic E-state index is 11.7. The number of rotatable bonds is 5. The minimum atomic E-state index is -1.10. The van der Waals surface area contributed by atoms with E-state index in [2.05, 4.69) is 4.89 Å². The molecule has 98 valence electrons. The third-order valence-corrected chi connectivity index (χ3v) is 2.60. The Morgan fingerprint density at radius 2 is 1.58 bits per heavy atom. The minimum absolute atomic E-state index is 0.132. The number of hydrogen-bond donors (Lipinski definition) is 1. The second kappa shape index (κ2) is 6.68. The SMILES string of the molecule is O=C(Cc1ccccc1)OC(OO)c1ccccc1. The third kappa shape index (κ3) is 3.91. The Morgan fingerprint density at radius 1 is 1.00 bits per heavy atom. The summed E-state index contributed by atoms with van der Waals surface area (Å²) >= 11 is 0. The lowest BCUT2D eigenvalue weighted by molar-refractivity contribution is -0.341. The summed E-state index contributed by atoms with van der Waals surface area (Å²) in [6, 6.07) is 18.0. The van der Waals surface area contributed by atoms with Gasteiger partial charge >= 0.3 is 5.97 Å². The van der Waals surface area contributed by atoms with E-state index in [9.17, 15) is 4.79 Å². The number of carbonyl (C=O) groups is 1. The van der Waals surface area contributed by atoms with Crippen LogP contribution >= 0.6 is 0 Å². The van der Waals surface area contributed by atoms with E-state index in [1.165, 1.54) is 0 Å². The van der Waals surface area contributed by atoms with E-state index < -0.39 is 12.3 Å². The Balaban J connectivity index is 1.97. The van der Waals surface area contributed by atoms with E-state index in [0.29, 0.717) is 5.56 Å². The molecule has 0 aliphatic heterocycles. The van der Waals surface area contributed by atoms with Gasteiger partial charge in [-0.25, -0.2) is 5.26 Å². The summed E-state index contributed by atoms with van der Waals surface area (Å²) in [6.45, 7) is 0. The zero-order chi connectivity index (χ0) is 13.5. The van der Waals surface area contributed by atoms with Crippen molar-refractivity contribution in [3.8, 4) is 0 Å². The molecule has 0 fully saturated rings. The van der Waals surface area contributed by atoms with Crippen molar-refractivity contribution in [1.29, 1.82) is 0 Å². The van der Waals surface area contributed by atoms with Crippen LogP contribution in [0.5, 0.6) is 0 Å². The number of hydrogen-bond acceptors (Lipinski definition) is 4. The molecule has 1 atom stereocenters. The molecule has 4 heteroatoms. The summed E-state index contributed by atoms with van der Waals surface area (Å²) < 4.78 is 5.08. The van der Waals surface area contributed by atoms with Gasteiger partial charge in [-0.15, -0.1) is 0 Å². The number of carbonyl (C=O) groups excluding carboxylic acids is 1. The molecule has 4 nitrogen and oxygen atoms in total. The summed E-state index contributed by atoms with van der Waals surface area (Å²) in [5.74, 6) is -0.464. The van der Waals surface area contributed by atoms with Crippen LogP contribution in [0.4, 0.5) is 0 Å². The van der Waals surface area contributed by atoms with Crippen LogP contribution in [0, 0.1) is 0 Å². The highest BCUT2D eigenvalue weighted by Crippen LogP contribution is 2.18. The quantitative estimate of drug-likeness (QED) is 0.388. The van der Waals surface area contributed by atoms with Crippen molar-refractivity contribution in [2.24, 2.45) is 0 Å². The average Bonchev–Trinajstić information content (AvgIpc) is 2.47. The highest BCUT2D eigenvalue weighted by molar-refractivity contribution is 5.72. The molecule has 2 aromatic rings. The van der Waals surface area contributed by atoms with Crippen LogP contribution in [0.25, 0.3) is 0 Å². The highest BCUT2D eigenvalue weighted by Gasteiger charge is 2.17. The summed E-state index contributed by atoms with van der Waals surface area (Å²) in [4.78, 5) is 15.9. The van der Waals surface area contributed by atoms with Gasteiger partial charge in [-0.2, -0.15) is 4.89 Å². The molecule has 0 aromatic heterocycles. The van der Waals surface area contributed by atoms with Gasteiger partial charge in [-0.3, -0.25) is 4.79 Å². The Morgan fingerprint density at radius 3 is 2.16 bits per heavy atom. The normalized spacial score (nSPS) is 11.8. The fourth-order valence-corrected chi connectivity index (χ4v) is 1.68. The van der Waals surface area contributed by atoms with Crippen LogP contribution in [0.2, 0.25) is 0 Å². The summed E-state index contributed by atoms with van der Waals surface area (Å²) in [5, 5.41) is 8.82.